The van der Waals surface area contributed by atoms with Crippen LogP contribution in [0.15, 0.2) is 23.8 Å². The van der Waals surface area contributed by atoms with Crippen LogP contribution in [0.5, 0.6) is 11.5 Å². The topological polar surface area (TPSA) is 68.5 Å². The Morgan fingerprint density at radius 2 is 2.16 bits per heavy atom. The van der Waals surface area contributed by atoms with E-state index in [1.54, 1.807) is 24.3 Å². The highest BCUT2D eigenvalue weighted by atomic mass is 16.5. The highest BCUT2D eigenvalue weighted by Gasteiger charge is 2.11. The van der Waals surface area contributed by atoms with Gasteiger partial charge in [-0.3, -0.25) is 0 Å². The second-order valence-electron chi connectivity index (χ2n) is 3.50. The molecule has 100 valence electrons. The second kappa shape index (κ2) is 7.07. The van der Waals surface area contributed by atoms with E-state index in [-0.39, 0.29) is 5.57 Å². The van der Waals surface area contributed by atoms with Crippen LogP contribution in [-0.2, 0) is 9.53 Å². The minimum Gasteiger partial charge on any atom is -0.496 e. The quantitative estimate of drug-likeness (QED) is 0.461. The molecule has 5 nitrogen and oxygen atoms in total. The Morgan fingerprint density at radius 1 is 1.42 bits per heavy atom. The molecule has 0 spiro atoms. The molecule has 0 saturated carbocycles. The molecule has 1 aromatic rings. The maximum absolute atomic E-state index is 11.3. The molecule has 0 unspecified atom stereocenters. The number of carbonyl (C=O) groups is 1. The van der Waals surface area contributed by atoms with Crippen molar-refractivity contribution in [1.82, 2.24) is 0 Å². The summed E-state index contributed by atoms with van der Waals surface area (Å²) in [5.41, 5.74) is 0.512. The van der Waals surface area contributed by atoms with Gasteiger partial charge in [0, 0.05) is 11.6 Å². The summed E-state index contributed by atoms with van der Waals surface area (Å²) in [5, 5.41) is 8.91. The van der Waals surface area contributed by atoms with Crippen molar-refractivity contribution in [3.05, 3.63) is 29.3 Å². The number of methoxy groups -OCH3 is 2. The zero-order valence-electron chi connectivity index (χ0n) is 11.1. The van der Waals surface area contributed by atoms with Gasteiger partial charge < -0.3 is 14.2 Å². The monoisotopic (exact) mass is 261 g/mol. The van der Waals surface area contributed by atoms with Crippen molar-refractivity contribution >= 4 is 12.0 Å². The lowest BCUT2D eigenvalue weighted by Crippen LogP contribution is -2.03. The molecule has 5 heteroatoms. The fourth-order valence-electron chi connectivity index (χ4n) is 1.47. The largest absolute Gasteiger partial charge is 0.496 e. The van der Waals surface area contributed by atoms with Gasteiger partial charge in [-0.15, -0.1) is 0 Å². The Bertz CT molecular complexity index is 529. The van der Waals surface area contributed by atoms with Crippen LogP contribution in [0.4, 0.5) is 0 Å². The number of carbonyl (C=O) groups excluding carboxylic acids is 1. The normalized spacial score (nSPS) is 10.5. The van der Waals surface area contributed by atoms with Crippen LogP contribution in [0.25, 0.3) is 6.08 Å². The summed E-state index contributed by atoms with van der Waals surface area (Å²) >= 11 is 0. The molecule has 0 amide bonds. The average molecular weight is 261 g/mol. The standard InChI is InChI=1S/C14H15NO4/c1-4-19-12-6-5-10(13(8-12)17-2)7-11(9-15)14(16)18-3/h5-8H,4H2,1-3H3. The molecule has 0 aliphatic heterocycles. The molecule has 0 radical (unpaired) electrons. The van der Waals surface area contributed by atoms with Crippen molar-refractivity contribution in [2.24, 2.45) is 0 Å². The average Bonchev–Trinajstić information content (AvgIpc) is 2.45. The van der Waals surface area contributed by atoms with E-state index in [0.29, 0.717) is 23.7 Å². The number of hydrogen-bond acceptors (Lipinski definition) is 5. The number of nitrogens with zero attached hydrogens (tertiary/aromatic N) is 1. The first-order valence-electron chi connectivity index (χ1n) is 5.67. The maximum atomic E-state index is 11.3. The number of esters is 1. The third kappa shape index (κ3) is 3.75. The molecule has 0 aliphatic carbocycles. The lowest BCUT2D eigenvalue weighted by molar-refractivity contribution is -0.135. The molecule has 0 bridgehead atoms. The highest BCUT2D eigenvalue weighted by Crippen LogP contribution is 2.26. The van der Waals surface area contributed by atoms with Gasteiger partial charge in [0.15, 0.2) is 0 Å². The molecule has 0 atom stereocenters. The van der Waals surface area contributed by atoms with Crippen LogP contribution in [-0.4, -0.2) is 26.8 Å². The van der Waals surface area contributed by atoms with Crippen molar-refractivity contribution < 1.29 is 19.0 Å². The van der Waals surface area contributed by atoms with E-state index in [9.17, 15) is 4.79 Å². The summed E-state index contributed by atoms with van der Waals surface area (Å²) < 4.78 is 15.1. The van der Waals surface area contributed by atoms with E-state index in [1.165, 1.54) is 20.3 Å². The van der Waals surface area contributed by atoms with Crippen LogP contribution >= 0.6 is 0 Å². The number of hydrogen-bond donors (Lipinski definition) is 0. The van der Waals surface area contributed by atoms with E-state index in [2.05, 4.69) is 4.74 Å². The molecule has 0 aliphatic rings. The lowest BCUT2D eigenvalue weighted by atomic mass is 10.1. The minimum atomic E-state index is -0.682. The van der Waals surface area contributed by atoms with Gasteiger partial charge in [-0.25, -0.2) is 4.79 Å². The van der Waals surface area contributed by atoms with Crippen molar-refractivity contribution in [2.45, 2.75) is 6.92 Å². The number of rotatable bonds is 5. The van der Waals surface area contributed by atoms with E-state index >= 15 is 0 Å². The van der Waals surface area contributed by atoms with E-state index in [4.69, 9.17) is 14.7 Å². The van der Waals surface area contributed by atoms with Crippen molar-refractivity contribution in [3.8, 4) is 17.6 Å². The third-order valence-corrected chi connectivity index (χ3v) is 2.34. The molecule has 19 heavy (non-hydrogen) atoms. The fraction of sp³-hybridized carbons (Fsp3) is 0.286. The van der Waals surface area contributed by atoms with Gasteiger partial charge in [-0.1, -0.05) is 0 Å². The molecule has 0 saturated heterocycles. The van der Waals surface area contributed by atoms with Crippen LogP contribution in [0.2, 0.25) is 0 Å². The number of ether oxygens (including phenoxy) is 3. The highest BCUT2D eigenvalue weighted by molar-refractivity contribution is 5.98. The van der Waals surface area contributed by atoms with Gasteiger partial charge in [0.05, 0.1) is 20.8 Å². The predicted molar refractivity (Wildman–Crippen MR) is 69.8 cm³/mol. The Morgan fingerprint density at radius 3 is 2.68 bits per heavy atom. The Hall–Kier alpha value is -2.48. The second-order valence-corrected chi connectivity index (χ2v) is 3.50. The van der Waals surface area contributed by atoms with Gasteiger partial charge in [0.25, 0.3) is 0 Å². The van der Waals surface area contributed by atoms with Crippen LogP contribution in [0, 0.1) is 11.3 Å². The first-order chi connectivity index (χ1) is 9.15. The van der Waals surface area contributed by atoms with Gasteiger partial charge in [0.1, 0.15) is 23.1 Å². The minimum absolute atomic E-state index is 0.0926. The molecule has 1 rings (SSSR count). The molecule has 0 fully saturated rings. The first kappa shape index (κ1) is 14.6. The number of nitriles is 1. The fourth-order valence-corrected chi connectivity index (χ4v) is 1.47. The van der Waals surface area contributed by atoms with E-state index in [0.717, 1.165) is 0 Å². The molecular weight excluding hydrogens is 246 g/mol. The summed E-state index contributed by atoms with van der Waals surface area (Å²) in [6, 6.07) is 6.94. The predicted octanol–water partition coefficient (Wildman–Crippen LogP) is 2.17. The zero-order valence-corrected chi connectivity index (χ0v) is 11.1. The summed E-state index contributed by atoms with van der Waals surface area (Å²) in [6.45, 7) is 2.43. The summed E-state index contributed by atoms with van der Waals surface area (Å²) in [7, 11) is 2.73. The van der Waals surface area contributed by atoms with Crippen LogP contribution in [0.1, 0.15) is 12.5 Å². The molecule has 1 aromatic carbocycles. The maximum Gasteiger partial charge on any atom is 0.348 e. The molecular formula is C14H15NO4. The van der Waals surface area contributed by atoms with Gasteiger partial charge in [0.2, 0.25) is 0 Å². The number of benzene rings is 1. The molecule has 0 aromatic heterocycles. The van der Waals surface area contributed by atoms with Crippen LogP contribution < -0.4 is 9.47 Å². The van der Waals surface area contributed by atoms with E-state index < -0.39 is 5.97 Å². The third-order valence-electron chi connectivity index (χ3n) is 2.34. The Kier molecular flexibility index (Phi) is 5.42. The first-order valence-corrected chi connectivity index (χ1v) is 5.67. The van der Waals surface area contributed by atoms with Crippen molar-refractivity contribution in [3.63, 3.8) is 0 Å². The van der Waals surface area contributed by atoms with E-state index in [1.807, 2.05) is 6.92 Å². The lowest BCUT2D eigenvalue weighted by Gasteiger charge is -2.08. The Balaban J connectivity index is 3.16. The summed E-state index contributed by atoms with van der Waals surface area (Å²) in [5.74, 6) is 0.495. The van der Waals surface area contributed by atoms with Crippen LogP contribution in [0.3, 0.4) is 0 Å². The summed E-state index contributed by atoms with van der Waals surface area (Å²) in [4.78, 5) is 11.3. The SMILES string of the molecule is CCOc1ccc(C=C(C#N)C(=O)OC)c(OC)c1. The van der Waals surface area contributed by atoms with Gasteiger partial charge in [-0.05, 0) is 25.1 Å². The van der Waals surface area contributed by atoms with Gasteiger partial charge in [-0.2, -0.15) is 5.26 Å². The molecule has 0 heterocycles. The summed E-state index contributed by atoms with van der Waals surface area (Å²) in [6.07, 6.45) is 1.42. The van der Waals surface area contributed by atoms with Crippen molar-refractivity contribution in [1.29, 1.82) is 5.26 Å². The smallest absolute Gasteiger partial charge is 0.348 e. The van der Waals surface area contributed by atoms with Gasteiger partial charge >= 0.3 is 5.97 Å². The molecule has 0 N–H and O–H groups in total. The Labute approximate surface area is 112 Å². The zero-order chi connectivity index (χ0) is 14.3. The van der Waals surface area contributed by atoms with Crippen molar-refractivity contribution in [2.75, 3.05) is 20.8 Å².